The fraction of sp³-hybridized carbons (Fsp3) is 0.581. The first-order valence-electron chi connectivity index (χ1n) is 14.5. The molecule has 1 aromatic carbocycles. The second-order valence-electron chi connectivity index (χ2n) is 12.0. The molecule has 2 amide bonds. The summed E-state index contributed by atoms with van der Waals surface area (Å²) in [6.07, 6.45) is 1.24. The van der Waals surface area contributed by atoms with Gasteiger partial charge in [-0.25, -0.2) is 4.79 Å². The van der Waals surface area contributed by atoms with Gasteiger partial charge in [0.15, 0.2) is 0 Å². The molecule has 2 aliphatic rings. The molecular formula is C31H44N4O6. The summed E-state index contributed by atoms with van der Waals surface area (Å²) in [5.41, 5.74) is 3.66. The lowest BCUT2D eigenvalue weighted by molar-refractivity contribution is -0.0221. The number of rotatable bonds is 8. The fourth-order valence-electron chi connectivity index (χ4n) is 5.44. The smallest absolute Gasteiger partial charge is 0.410 e. The highest BCUT2D eigenvalue weighted by Gasteiger charge is 2.35. The maximum Gasteiger partial charge on any atom is 0.410 e. The molecule has 4 rings (SSSR count). The number of carbonyl (C=O) groups is 2. The number of H-pyrrole nitrogens is 1. The number of benzene rings is 1. The van der Waals surface area contributed by atoms with Crippen LogP contribution in [0.2, 0.25) is 0 Å². The molecule has 1 aromatic heterocycles. The van der Waals surface area contributed by atoms with Crippen molar-refractivity contribution >= 4 is 17.7 Å². The van der Waals surface area contributed by atoms with Crippen LogP contribution in [-0.4, -0.2) is 72.5 Å². The lowest BCUT2D eigenvalue weighted by atomic mass is 10.00. The maximum absolute atomic E-state index is 13.6. The van der Waals surface area contributed by atoms with Crippen molar-refractivity contribution in [1.29, 1.82) is 0 Å². The number of aromatic nitrogens is 1. The Balaban J connectivity index is 1.57. The van der Waals surface area contributed by atoms with E-state index < -0.39 is 5.60 Å². The number of hydrogen-bond acceptors (Lipinski definition) is 7. The molecule has 3 heterocycles. The summed E-state index contributed by atoms with van der Waals surface area (Å²) in [6, 6.07) is 5.94. The van der Waals surface area contributed by atoms with E-state index in [9.17, 15) is 14.4 Å². The molecule has 10 nitrogen and oxygen atoms in total. The van der Waals surface area contributed by atoms with Gasteiger partial charge in [-0.1, -0.05) is 0 Å². The number of aromatic amines is 1. The largest absolute Gasteiger partial charge is 0.487 e. The van der Waals surface area contributed by atoms with Crippen LogP contribution in [0.5, 0.6) is 5.75 Å². The Bertz CT molecular complexity index is 1320. The van der Waals surface area contributed by atoms with Gasteiger partial charge in [0.25, 0.3) is 11.5 Å². The van der Waals surface area contributed by atoms with Crippen LogP contribution < -0.4 is 20.5 Å². The molecular weight excluding hydrogens is 524 g/mol. The normalized spacial score (nSPS) is 16.2. The van der Waals surface area contributed by atoms with E-state index in [4.69, 9.17) is 14.2 Å². The third-order valence-corrected chi connectivity index (χ3v) is 7.60. The van der Waals surface area contributed by atoms with Gasteiger partial charge in [0.1, 0.15) is 17.5 Å². The minimum atomic E-state index is -0.563. The van der Waals surface area contributed by atoms with Crippen LogP contribution in [0.15, 0.2) is 23.0 Å². The third-order valence-electron chi connectivity index (χ3n) is 7.60. The average Bonchev–Trinajstić information content (AvgIpc) is 2.86. The van der Waals surface area contributed by atoms with Gasteiger partial charge < -0.3 is 34.3 Å². The molecule has 0 unspecified atom stereocenters. The molecule has 10 heteroatoms. The zero-order valence-electron chi connectivity index (χ0n) is 25.4. The number of aryl methyl sites for hydroxylation is 2. The van der Waals surface area contributed by atoms with Crippen LogP contribution in [-0.2, 0) is 16.0 Å². The Hall–Kier alpha value is -3.53. The number of anilines is 1. The minimum Gasteiger partial charge on any atom is -0.487 e. The van der Waals surface area contributed by atoms with Crippen LogP contribution in [0.4, 0.5) is 10.5 Å². The molecule has 2 aliphatic heterocycles. The van der Waals surface area contributed by atoms with Crippen LogP contribution in [0.1, 0.15) is 73.3 Å². The Labute approximate surface area is 242 Å². The first-order chi connectivity index (χ1) is 19.4. The SMILES string of the molecule is CCN(c1cc(OC2CN(C(=O)OC(C)(C)C)C2)cc(C(=O)NCc2c(C)cc(C)[nH]c2=O)c1C)C1CCOCC1. The van der Waals surface area contributed by atoms with E-state index in [-0.39, 0.29) is 30.2 Å². The van der Waals surface area contributed by atoms with E-state index in [2.05, 4.69) is 22.1 Å². The predicted molar refractivity (Wildman–Crippen MR) is 158 cm³/mol. The maximum atomic E-state index is 13.6. The van der Waals surface area contributed by atoms with E-state index in [1.54, 1.807) is 11.0 Å². The second-order valence-corrected chi connectivity index (χ2v) is 12.0. The molecule has 0 bridgehead atoms. The minimum absolute atomic E-state index is 0.116. The number of amides is 2. The zero-order valence-corrected chi connectivity index (χ0v) is 25.4. The first kappa shape index (κ1) is 30.4. The second kappa shape index (κ2) is 12.5. The molecule has 2 aromatic rings. The summed E-state index contributed by atoms with van der Waals surface area (Å²) in [7, 11) is 0. The standard InChI is InChI=1S/C31H44N4O6/c1-8-35(22-9-11-39-12-10-22)27-15-23(40-24-17-34(18-24)30(38)41-31(5,6)7)14-25(21(27)4)28(36)32-16-26-19(2)13-20(3)33-29(26)37/h13-15,22,24H,8-12,16-18H2,1-7H3,(H,32,36)(H,33,37). The summed E-state index contributed by atoms with van der Waals surface area (Å²) < 4.78 is 17.4. The van der Waals surface area contributed by atoms with Gasteiger partial charge in [-0.05, 0) is 84.6 Å². The highest BCUT2D eigenvalue weighted by molar-refractivity contribution is 5.97. The predicted octanol–water partition coefficient (Wildman–Crippen LogP) is 4.23. The van der Waals surface area contributed by atoms with Crippen LogP contribution in [0.3, 0.4) is 0 Å². The summed E-state index contributed by atoms with van der Waals surface area (Å²) in [4.78, 5) is 45.2. The highest BCUT2D eigenvalue weighted by atomic mass is 16.6. The van der Waals surface area contributed by atoms with E-state index in [0.29, 0.717) is 49.2 Å². The van der Waals surface area contributed by atoms with Gasteiger partial charge in [0.2, 0.25) is 0 Å². The number of likely N-dealkylation sites (tertiary alicyclic amines) is 1. The van der Waals surface area contributed by atoms with Gasteiger partial charge in [-0.3, -0.25) is 9.59 Å². The number of nitrogens with zero attached hydrogens (tertiary/aromatic N) is 2. The molecule has 41 heavy (non-hydrogen) atoms. The summed E-state index contributed by atoms with van der Waals surface area (Å²) in [5, 5.41) is 2.95. The van der Waals surface area contributed by atoms with Crippen molar-refractivity contribution < 1.29 is 23.8 Å². The fourth-order valence-corrected chi connectivity index (χ4v) is 5.44. The van der Waals surface area contributed by atoms with E-state index in [1.165, 1.54) is 0 Å². The van der Waals surface area contributed by atoms with Gasteiger partial charge in [-0.2, -0.15) is 0 Å². The molecule has 2 saturated heterocycles. The Morgan fingerprint density at radius 3 is 2.41 bits per heavy atom. The highest BCUT2D eigenvalue weighted by Crippen LogP contribution is 2.34. The van der Waals surface area contributed by atoms with E-state index in [0.717, 1.165) is 41.9 Å². The Morgan fingerprint density at radius 1 is 1.12 bits per heavy atom. The van der Waals surface area contributed by atoms with E-state index in [1.807, 2.05) is 53.7 Å². The number of carbonyl (C=O) groups excluding carboxylic acids is 2. The number of pyridine rings is 1. The monoisotopic (exact) mass is 568 g/mol. The van der Waals surface area contributed by atoms with Crippen molar-refractivity contribution in [2.75, 3.05) is 37.7 Å². The van der Waals surface area contributed by atoms with Gasteiger partial charge in [0, 0.05) is 60.9 Å². The zero-order chi connectivity index (χ0) is 29.9. The quantitative estimate of drug-likeness (QED) is 0.490. The van der Waals surface area contributed by atoms with Crippen molar-refractivity contribution in [3.63, 3.8) is 0 Å². The van der Waals surface area contributed by atoms with Crippen molar-refractivity contribution in [3.05, 3.63) is 56.5 Å². The van der Waals surface area contributed by atoms with Crippen molar-refractivity contribution in [1.82, 2.24) is 15.2 Å². The van der Waals surface area contributed by atoms with Crippen molar-refractivity contribution in [2.24, 2.45) is 0 Å². The van der Waals surface area contributed by atoms with Crippen molar-refractivity contribution in [3.8, 4) is 5.75 Å². The van der Waals surface area contributed by atoms with Crippen LogP contribution in [0.25, 0.3) is 0 Å². The Kier molecular flexibility index (Phi) is 9.31. The first-order valence-corrected chi connectivity index (χ1v) is 14.5. The molecule has 2 N–H and O–H groups in total. The molecule has 224 valence electrons. The molecule has 2 fully saturated rings. The number of ether oxygens (including phenoxy) is 3. The molecule has 0 radical (unpaired) electrons. The third kappa shape index (κ3) is 7.41. The number of hydrogen-bond donors (Lipinski definition) is 2. The molecule has 0 aliphatic carbocycles. The van der Waals surface area contributed by atoms with Crippen LogP contribution in [0, 0.1) is 20.8 Å². The van der Waals surface area contributed by atoms with Gasteiger partial charge in [0.05, 0.1) is 13.1 Å². The molecule has 0 atom stereocenters. The number of nitrogens with one attached hydrogen (secondary N) is 2. The average molecular weight is 569 g/mol. The van der Waals surface area contributed by atoms with Gasteiger partial charge in [-0.15, -0.1) is 0 Å². The molecule has 0 saturated carbocycles. The topological polar surface area (TPSA) is 113 Å². The Morgan fingerprint density at radius 2 is 1.80 bits per heavy atom. The lowest BCUT2D eigenvalue weighted by Crippen LogP contribution is -2.57. The molecule has 0 spiro atoms. The summed E-state index contributed by atoms with van der Waals surface area (Å²) >= 11 is 0. The lowest BCUT2D eigenvalue weighted by Gasteiger charge is -2.40. The van der Waals surface area contributed by atoms with E-state index >= 15 is 0 Å². The van der Waals surface area contributed by atoms with Crippen LogP contribution >= 0.6 is 0 Å². The summed E-state index contributed by atoms with van der Waals surface area (Å²) in [5.74, 6) is 0.292. The summed E-state index contributed by atoms with van der Waals surface area (Å²) in [6.45, 7) is 16.4. The van der Waals surface area contributed by atoms with Crippen molar-refractivity contribution in [2.45, 2.75) is 85.6 Å². The van der Waals surface area contributed by atoms with Gasteiger partial charge >= 0.3 is 6.09 Å².